The molecule has 0 spiro atoms. The number of methoxy groups -OCH3 is 2. The van der Waals surface area contributed by atoms with Crippen LogP contribution in [-0.4, -0.2) is 37.8 Å². The zero-order valence-electron chi connectivity index (χ0n) is 12.3. The van der Waals surface area contributed by atoms with Crippen LogP contribution in [0.2, 0.25) is 0 Å². The number of carbonyl (C=O) groups is 1. The molecule has 0 fully saturated rings. The van der Waals surface area contributed by atoms with Gasteiger partial charge in [0.15, 0.2) is 23.3 Å². The molecule has 0 aliphatic carbocycles. The van der Waals surface area contributed by atoms with Gasteiger partial charge in [0.05, 0.1) is 20.1 Å². The highest BCUT2D eigenvalue weighted by Crippen LogP contribution is 2.52. The van der Waals surface area contributed by atoms with E-state index in [1.54, 1.807) is 13.0 Å². The Hall–Kier alpha value is -2.64. The molecule has 0 aromatic heterocycles. The van der Waals surface area contributed by atoms with Crippen molar-refractivity contribution < 1.29 is 33.7 Å². The molecular formula is C14H15NO7. The van der Waals surface area contributed by atoms with Crippen molar-refractivity contribution in [1.82, 2.24) is 0 Å². The lowest BCUT2D eigenvalue weighted by Gasteiger charge is -2.20. The Labute approximate surface area is 126 Å². The molecule has 8 heteroatoms. The Morgan fingerprint density at radius 2 is 2.05 bits per heavy atom. The van der Waals surface area contributed by atoms with Crippen molar-refractivity contribution in [2.24, 2.45) is 11.1 Å². The number of benzene rings is 1. The Kier molecular flexibility index (Phi) is 3.44. The predicted octanol–water partition coefficient (Wildman–Crippen LogP) is 1.58. The minimum atomic E-state index is -1.11. The number of aliphatic carboxylic acids is 1. The lowest BCUT2D eigenvalue weighted by molar-refractivity contribution is -0.129. The van der Waals surface area contributed by atoms with Gasteiger partial charge in [-0.2, -0.15) is 0 Å². The van der Waals surface area contributed by atoms with Crippen molar-refractivity contribution in [3.05, 3.63) is 11.6 Å². The fourth-order valence-corrected chi connectivity index (χ4v) is 2.61. The average molecular weight is 309 g/mol. The minimum Gasteiger partial charge on any atom is -0.492 e. The molecule has 8 nitrogen and oxygen atoms in total. The number of nitrogens with zero attached hydrogens (tertiary/aromatic N) is 1. The first-order valence-corrected chi connectivity index (χ1v) is 6.60. The van der Waals surface area contributed by atoms with E-state index in [9.17, 15) is 4.79 Å². The SMILES string of the molecule is COc1c(C2ON=C(C(=O)O)C2C)cc2c(c1OC)OCO2. The summed E-state index contributed by atoms with van der Waals surface area (Å²) in [6.07, 6.45) is -0.607. The molecule has 0 amide bonds. The Balaban J connectivity index is 2.07. The third-order valence-electron chi connectivity index (χ3n) is 3.69. The quantitative estimate of drug-likeness (QED) is 0.902. The van der Waals surface area contributed by atoms with Crippen LogP contribution in [0.15, 0.2) is 11.2 Å². The maximum atomic E-state index is 11.1. The number of fused-ring (bicyclic) bond motifs is 1. The molecule has 22 heavy (non-hydrogen) atoms. The summed E-state index contributed by atoms with van der Waals surface area (Å²) in [7, 11) is 2.98. The molecule has 0 saturated carbocycles. The van der Waals surface area contributed by atoms with Crippen molar-refractivity contribution in [3.8, 4) is 23.0 Å². The van der Waals surface area contributed by atoms with Gasteiger partial charge < -0.3 is 28.9 Å². The van der Waals surface area contributed by atoms with Crippen LogP contribution in [-0.2, 0) is 9.63 Å². The summed E-state index contributed by atoms with van der Waals surface area (Å²) < 4.78 is 21.5. The number of carboxylic acids is 1. The van der Waals surface area contributed by atoms with E-state index in [1.165, 1.54) is 14.2 Å². The summed E-state index contributed by atoms with van der Waals surface area (Å²) in [6, 6.07) is 1.70. The molecule has 0 radical (unpaired) electrons. The van der Waals surface area contributed by atoms with Gasteiger partial charge in [0, 0.05) is 5.56 Å². The van der Waals surface area contributed by atoms with E-state index in [0.29, 0.717) is 28.6 Å². The fourth-order valence-electron chi connectivity index (χ4n) is 2.61. The molecule has 0 bridgehead atoms. The number of carboxylic acid groups (broad SMARTS) is 1. The maximum Gasteiger partial charge on any atom is 0.354 e. The third kappa shape index (κ3) is 1.99. The van der Waals surface area contributed by atoms with Gasteiger partial charge >= 0.3 is 5.97 Å². The highest BCUT2D eigenvalue weighted by Gasteiger charge is 2.40. The number of oxime groups is 1. The van der Waals surface area contributed by atoms with Gasteiger partial charge in [0.1, 0.15) is 0 Å². The first-order valence-electron chi connectivity index (χ1n) is 6.60. The first-order chi connectivity index (χ1) is 10.6. The topological polar surface area (TPSA) is 95.8 Å². The normalized spacial score (nSPS) is 22.0. The van der Waals surface area contributed by atoms with Crippen LogP contribution < -0.4 is 18.9 Å². The van der Waals surface area contributed by atoms with E-state index >= 15 is 0 Å². The number of rotatable bonds is 4. The van der Waals surface area contributed by atoms with Crippen molar-refractivity contribution in [1.29, 1.82) is 0 Å². The highest BCUT2D eigenvalue weighted by atomic mass is 16.7. The van der Waals surface area contributed by atoms with Gasteiger partial charge in [-0.05, 0) is 6.07 Å². The molecular weight excluding hydrogens is 294 g/mol. The van der Waals surface area contributed by atoms with Crippen molar-refractivity contribution in [3.63, 3.8) is 0 Å². The van der Waals surface area contributed by atoms with E-state index in [-0.39, 0.29) is 12.5 Å². The van der Waals surface area contributed by atoms with Crippen LogP contribution in [0.3, 0.4) is 0 Å². The van der Waals surface area contributed by atoms with E-state index in [0.717, 1.165) is 0 Å². The smallest absolute Gasteiger partial charge is 0.354 e. The molecule has 2 unspecified atom stereocenters. The van der Waals surface area contributed by atoms with Gasteiger partial charge in [-0.1, -0.05) is 12.1 Å². The van der Waals surface area contributed by atoms with E-state index in [4.69, 9.17) is 28.9 Å². The van der Waals surface area contributed by atoms with Gasteiger partial charge in [0.2, 0.25) is 18.3 Å². The zero-order valence-corrected chi connectivity index (χ0v) is 12.3. The van der Waals surface area contributed by atoms with E-state index in [2.05, 4.69) is 5.16 Å². The second-order valence-electron chi connectivity index (χ2n) is 4.86. The van der Waals surface area contributed by atoms with E-state index < -0.39 is 18.0 Å². The largest absolute Gasteiger partial charge is 0.492 e. The Morgan fingerprint density at radius 1 is 1.32 bits per heavy atom. The maximum absolute atomic E-state index is 11.1. The molecule has 0 saturated heterocycles. The third-order valence-corrected chi connectivity index (χ3v) is 3.69. The second-order valence-corrected chi connectivity index (χ2v) is 4.86. The highest BCUT2D eigenvalue weighted by molar-refractivity contribution is 6.36. The van der Waals surface area contributed by atoms with Crippen LogP contribution in [0.5, 0.6) is 23.0 Å². The second kappa shape index (κ2) is 5.28. The lowest BCUT2D eigenvalue weighted by Crippen LogP contribution is -2.21. The van der Waals surface area contributed by atoms with E-state index in [1.807, 2.05) is 0 Å². The number of ether oxygens (including phenoxy) is 4. The summed E-state index contributed by atoms with van der Waals surface area (Å²) in [6.45, 7) is 1.80. The predicted molar refractivity (Wildman–Crippen MR) is 73.7 cm³/mol. The zero-order chi connectivity index (χ0) is 15.9. The molecule has 2 heterocycles. The standard InChI is InChI=1S/C14H15NO7/c1-6-9(14(16)17)15-22-10(6)7-4-8-12(21-5-20-8)13(19-3)11(7)18-2/h4,6,10H,5H2,1-3H3,(H,16,17). The summed E-state index contributed by atoms with van der Waals surface area (Å²) in [5.41, 5.74) is 0.555. The molecule has 2 aliphatic rings. The van der Waals surface area contributed by atoms with Gasteiger partial charge in [-0.15, -0.1) is 0 Å². The van der Waals surface area contributed by atoms with Crippen molar-refractivity contribution >= 4 is 11.7 Å². The fraction of sp³-hybridized carbons (Fsp3) is 0.429. The van der Waals surface area contributed by atoms with Gasteiger partial charge in [-0.25, -0.2) is 4.79 Å². The number of hydrogen-bond acceptors (Lipinski definition) is 7. The monoisotopic (exact) mass is 309 g/mol. The molecule has 1 N–H and O–H groups in total. The van der Waals surface area contributed by atoms with Crippen molar-refractivity contribution in [2.75, 3.05) is 21.0 Å². The molecule has 1 aromatic carbocycles. The molecule has 118 valence electrons. The Bertz CT molecular complexity index is 655. The van der Waals surface area contributed by atoms with Gasteiger partial charge in [0.25, 0.3) is 0 Å². The van der Waals surface area contributed by atoms with Crippen molar-refractivity contribution in [2.45, 2.75) is 13.0 Å². The minimum absolute atomic E-state index is 0.0383. The number of hydrogen-bond donors (Lipinski definition) is 1. The van der Waals surface area contributed by atoms with Crippen LogP contribution in [0.25, 0.3) is 0 Å². The lowest BCUT2D eigenvalue weighted by atomic mass is 9.92. The molecule has 1 aromatic rings. The summed E-state index contributed by atoms with van der Waals surface area (Å²) in [4.78, 5) is 16.4. The molecule has 2 aliphatic heterocycles. The summed E-state index contributed by atoms with van der Waals surface area (Å²) in [5, 5.41) is 12.8. The summed E-state index contributed by atoms with van der Waals surface area (Å²) >= 11 is 0. The van der Waals surface area contributed by atoms with Crippen LogP contribution in [0, 0.1) is 5.92 Å². The average Bonchev–Trinajstić information content (AvgIpc) is 3.10. The van der Waals surface area contributed by atoms with Crippen LogP contribution in [0.1, 0.15) is 18.6 Å². The first kappa shape index (κ1) is 14.3. The molecule has 2 atom stereocenters. The summed E-state index contributed by atoms with van der Waals surface area (Å²) in [5.74, 6) is 0.177. The Morgan fingerprint density at radius 3 is 2.64 bits per heavy atom. The molecule has 3 rings (SSSR count). The van der Waals surface area contributed by atoms with Crippen LogP contribution >= 0.6 is 0 Å². The van der Waals surface area contributed by atoms with Crippen LogP contribution in [0.4, 0.5) is 0 Å². The van der Waals surface area contributed by atoms with Gasteiger partial charge in [-0.3, -0.25) is 0 Å².